The van der Waals surface area contributed by atoms with Gasteiger partial charge in [0.1, 0.15) is 19.3 Å². The highest BCUT2D eigenvalue weighted by atomic mass is 31.2. The second kappa shape index (κ2) is 57.6. The Kier molecular flexibility index (Phi) is 55.9. The molecular formula is C63H118O17P2. The quantitative estimate of drug-likeness (QED) is 0.0169. The van der Waals surface area contributed by atoms with Gasteiger partial charge in [0, 0.05) is 25.7 Å². The Labute approximate surface area is 497 Å². The van der Waals surface area contributed by atoms with Crippen LogP contribution in [0, 0.1) is 0 Å². The number of unbranched alkanes of at least 4 members (excludes halogenated alkanes) is 33. The van der Waals surface area contributed by atoms with Crippen molar-refractivity contribution in [2.24, 2.45) is 0 Å². The maximum absolute atomic E-state index is 12.9. The van der Waals surface area contributed by atoms with Crippen molar-refractivity contribution in [2.75, 3.05) is 39.6 Å². The summed E-state index contributed by atoms with van der Waals surface area (Å²) in [4.78, 5) is 72.0. The van der Waals surface area contributed by atoms with E-state index >= 15 is 0 Å². The summed E-state index contributed by atoms with van der Waals surface area (Å²) in [6, 6.07) is 0. The summed E-state index contributed by atoms with van der Waals surface area (Å²) in [5, 5.41) is 10.5. The van der Waals surface area contributed by atoms with Crippen LogP contribution in [0.4, 0.5) is 0 Å². The van der Waals surface area contributed by atoms with Crippen molar-refractivity contribution in [1.82, 2.24) is 0 Å². The SMILES string of the molecule is CCCCCC/C=C\C=C/CCCCCCCC(=O)O[C@H](COC(=O)CCCCCCCCCCC)COP(=O)(O)OC[C@@H](O)COP(=O)(O)OC[C@@H](COC(=O)CCCCCCCCCCC)OC(=O)CCCCCCCCCCC. The number of phosphoric ester groups is 2. The molecule has 0 saturated heterocycles. The first-order valence-electron chi connectivity index (χ1n) is 32.6. The van der Waals surface area contributed by atoms with Crippen LogP contribution in [0.5, 0.6) is 0 Å². The highest BCUT2D eigenvalue weighted by Crippen LogP contribution is 2.45. The molecule has 0 heterocycles. The van der Waals surface area contributed by atoms with Gasteiger partial charge < -0.3 is 33.8 Å². The van der Waals surface area contributed by atoms with Gasteiger partial charge in [0.15, 0.2) is 12.2 Å². The standard InChI is InChI=1S/C63H118O17P2/c1-5-9-13-17-21-25-26-27-28-29-30-34-38-42-46-50-63(68)80-59(54-74-61(66)48-44-40-36-32-23-19-15-11-7-3)56-78-82(71,72)76-52-57(64)51-75-81(69,70)77-55-58(79-62(67)49-45-41-37-33-24-20-16-12-8-4)53-73-60(65)47-43-39-35-31-22-18-14-10-6-2/h25-28,57-59,64H,5-24,29-56H2,1-4H3,(H,69,70)(H,71,72)/b26-25-,28-27-/t57-,58+,59+/m0/s1. The summed E-state index contributed by atoms with van der Waals surface area (Å²) in [6.07, 6.45) is 45.2. The Bertz CT molecular complexity index is 1680. The van der Waals surface area contributed by atoms with Crippen molar-refractivity contribution in [3.63, 3.8) is 0 Å². The number of esters is 4. The van der Waals surface area contributed by atoms with Gasteiger partial charge in [-0.15, -0.1) is 0 Å². The molecular weight excluding hydrogens is 1090 g/mol. The van der Waals surface area contributed by atoms with E-state index in [-0.39, 0.29) is 25.7 Å². The van der Waals surface area contributed by atoms with E-state index in [1.54, 1.807) is 0 Å². The van der Waals surface area contributed by atoms with E-state index in [4.69, 9.17) is 37.0 Å². The summed E-state index contributed by atoms with van der Waals surface area (Å²) in [5.41, 5.74) is 0. The molecule has 482 valence electrons. The van der Waals surface area contributed by atoms with Crippen molar-refractivity contribution in [3.05, 3.63) is 24.3 Å². The number of aliphatic hydroxyl groups excluding tert-OH is 1. The predicted octanol–water partition coefficient (Wildman–Crippen LogP) is 17.1. The van der Waals surface area contributed by atoms with E-state index < -0.39 is 97.5 Å². The monoisotopic (exact) mass is 1210 g/mol. The third-order valence-electron chi connectivity index (χ3n) is 14.0. The molecule has 0 bridgehead atoms. The van der Waals surface area contributed by atoms with Crippen LogP contribution in [0.2, 0.25) is 0 Å². The van der Waals surface area contributed by atoms with Gasteiger partial charge >= 0.3 is 39.5 Å². The number of aliphatic hydroxyl groups is 1. The van der Waals surface area contributed by atoms with Crippen LogP contribution < -0.4 is 0 Å². The largest absolute Gasteiger partial charge is 0.472 e. The molecule has 0 aliphatic carbocycles. The van der Waals surface area contributed by atoms with Crippen LogP contribution in [-0.4, -0.2) is 96.7 Å². The minimum absolute atomic E-state index is 0.0852. The number of allylic oxidation sites excluding steroid dienone is 4. The lowest BCUT2D eigenvalue weighted by molar-refractivity contribution is -0.161. The van der Waals surface area contributed by atoms with Crippen LogP contribution >= 0.6 is 15.6 Å². The molecule has 0 aromatic heterocycles. The van der Waals surface area contributed by atoms with Crippen molar-refractivity contribution in [2.45, 2.75) is 316 Å². The van der Waals surface area contributed by atoms with Crippen molar-refractivity contribution < 1.29 is 80.2 Å². The average Bonchev–Trinajstić information content (AvgIpc) is 3.45. The van der Waals surface area contributed by atoms with Gasteiger partial charge in [-0.05, 0) is 51.4 Å². The lowest BCUT2D eigenvalue weighted by Gasteiger charge is -2.21. The van der Waals surface area contributed by atoms with Crippen LogP contribution in [0.1, 0.15) is 297 Å². The van der Waals surface area contributed by atoms with Gasteiger partial charge in [0.2, 0.25) is 0 Å². The molecule has 3 N–H and O–H groups in total. The molecule has 0 radical (unpaired) electrons. The van der Waals surface area contributed by atoms with E-state index in [0.29, 0.717) is 25.7 Å². The third kappa shape index (κ3) is 56.7. The number of rotatable bonds is 62. The fraction of sp³-hybridized carbons (Fsp3) is 0.873. The minimum atomic E-state index is -4.95. The van der Waals surface area contributed by atoms with Crippen LogP contribution in [0.3, 0.4) is 0 Å². The molecule has 17 nitrogen and oxygen atoms in total. The van der Waals surface area contributed by atoms with Crippen molar-refractivity contribution in [3.8, 4) is 0 Å². The normalized spacial score (nSPS) is 14.4. The number of ether oxygens (including phenoxy) is 4. The fourth-order valence-electron chi connectivity index (χ4n) is 8.92. The van der Waals surface area contributed by atoms with Crippen molar-refractivity contribution in [1.29, 1.82) is 0 Å². The smallest absolute Gasteiger partial charge is 0.462 e. The lowest BCUT2D eigenvalue weighted by Crippen LogP contribution is -2.30. The van der Waals surface area contributed by atoms with Crippen LogP contribution in [0.25, 0.3) is 0 Å². The molecule has 0 spiro atoms. The topological polar surface area (TPSA) is 237 Å². The fourth-order valence-corrected chi connectivity index (χ4v) is 10.5. The van der Waals surface area contributed by atoms with Crippen LogP contribution in [-0.2, 0) is 65.4 Å². The summed E-state index contributed by atoms with van der Waals surface area (Å²) >= 11 is 0. The zero-order valence-corrected chi connectivity index (χ0v) is 53.7. The highest BCUT2D eigenvalue weighted by molar-refractivity contribution is 7.47. The highest BCUT2D eigenvalue weighted by Gasteiger charge is 2.30. The Hall–Kier alpha value is -2.46. The number of hydrogen-bond acceptors (Lipinski definition) is 15. The van der Waals surface area contributed by atoms with Gasteiger partial charge in [-0.3, -0.25) is 37.3 Å². The number of hydrogen-bond donors (Lipinski definition) is 3. The molecule has 0 aromatic carbocycles. The van der Waals surface area contributed by atoms with Gasteiger partial charge in [-0.1, -0.05) is 245 Å². The Morgan fingerprint density at radius 1 is 0.341 bits per heavy atom. The Morgan fingerprint density at radius 2 is 0.585 bits per heavy atom. The average molecular weight is 1210 g/mol. The molecule has 0 aliphatic heterocycles. The first kappa shape index (κ1) is 79.5. The van der Waals surface area contributed by atoms with Gasteiger partial charge in [0.05, 0.1) is 26.4 Å². The lowest BCUT2D eigenvalue weighted by atomic mass is 10.1. The Balaban J connectivity index is 5.24. The van der Waals surface area contributed by atoms with Crippen molar-refractivity contribution >= 4 is 39.5 Å². The molecule has 0 amide bonds. The molecule has 0 fully saturated rings. The summed E-state index contributed by atoms with van der Waals surface area (Å²) in [5.74, 6) is -2.17. The molecule has 2 unspecified atom stereocenters. The summed E-state index contributed by atoms with van der Waals surface area (Å²) < 4.78 is 67.8. The zero-order chi connectivity index (χ0) is 60.5. The molecule has 5 atom stereocenters. The zero-order valence-electron chi connectivity index (χ0n) is 51.9. The second-order valence-electron chi connectivity index (χ2n) is 22.1. The van der Waals surface area contributed by atoms with Gasteiger partial charge in [-0.25, -0.2) is 9.13 Å². The van der Waals surface area contributed by atoms with E-state index in [2.05, 4.69) is 52.0 Å². The third-order valence-corrected chi connectivity index (χ3v) is 15.9. The molecule has 0 rings (SSSR count). The molecule has 0 aromatic rings. The van der Waals surface area contributed by atoms with Gasteiger partial charge in [-0.2, -0.15) is 0 Å². The minimum Gasteiger partial charge on any atom is -0.462 e. The maximum atomic E-state index is 12.9. The van der Waals surface area contributed by atoms with E-state index in [1.165, 1.54) is 116 Å². The van der Waals surface area contributed by atoms with Gasteiger partial charge in [0.25, 0.3) is 0 Å². The molecule has 0 aliphatic rings. The van der Waals surface area contributed by atoms with E-state index in [9.17, 15) is 43.2 Å². The first-order valence-corrected chi connectivity index (χ1v) is 35.6. The summed E-state index contributed by atoms with van der Waals surface area (Å²) in [7, 11) is -9.89. The number of carbonyl (C=O) groups is 4. The number of carbonyl (C=O) groups excluding carboxylic acids is 4. The molecule has 19 heteroatoms. The maximum Gasteiger partial charge on any atom is 0.472 e. The van der Waals surface area contributed by atoms with Crippen LogP contribution in [0.15, 0.2) is 24.3 Å². The summed E-state index contributed by atoms with van der Waals surface area (Å²) in [6.45, 7) is 4.77. The Morgan fingerprint density at radius 3 is 0.890 bits per heavy atom. The molecule has 82 heavy (non-hydrogen) atoms. The molecule has 0 saturated carbocycles. The van der Waals surface area contributed by atoms with E-state index in [1.807, 2.05) is 0 Å². The van der Waals surface area contributed by atoms with E-state index in [0.717, 1.165) is 103 Å². The predicted molar refractivity (Wildman–Crippen MR) is 326 cm³/mol. The first-order chi connectivity index (χ1) is 39.7. The second-order valence-corrected chi connectivity index (χ2v) is 25.0. The number of phosphoric acid groups is 2.